The van der Waals surface area contributed by atoms with Gasteiger partial charge in [-0.15, -0.1) is 0 Å². The van der Waals surface area contributed by atoms with Crippen molar-refractivity contribution in [1.82, 2.24) is 5.32 Å². The third-order valence-corrected chi connectivity index (χ3v) is 3.73. The van der Waals surface area contributed by atoms with Gasteiger partial charge in [0.15, 0.2) is 0 Å². The molecule has 0 aliphatic heterocycles. The van der Waals surface area contributed by atoms with Gasteiger partial charge in [0.2, 0.25) is 0 Å². The van der Waals surface area contributed by atoms with Crippen molar-refractivity contribution in [1.29, 1.82) is 0 Å². The van der Waals surface area contributed by atoms with Crippen LogP contribution in [-0.4, -0.2) is 18.4 Å². The molecular formula is C18H17Cl2NO3. The summed E-state index contributed by atoms with van der Waals surface area (Å²) in [4.78, 5) is 23.5. The van der Waals surface area contributed by atoms with Crippen LogP contribution in [0.4, 0.5) is 0 Å². The zero-order chi connectivity index (χ0) is 17.4. The van der Waals surface area contributed by atoms with Gasteiger partial charge in [0.25, 0.3) is 5.91 Å². The summed E-state index contributed by atoms with van der Waals surface area (Å²) in [7, 11) is 0. The van der Waals surface area contributed by atoms with Crippen LogP contribution in [0.2, 0.25) is 10.0 Å². The number of benzene rings is 2. The van der Waals surface area contributed by atoms with Gasteiger partial charge in [0.05, 0.1) is 0 Å². The molecule has 24 heavy (non-hydrogen) atoms. The van der Waals surface area contributed by atoms with Gasteiger partial charge in [0, 0.05) is 28.6 Å². The Kier molecular flexibility index (Phi) is 7.09. The highest BCUT2D eigenvalue weighted by Crippen LogP contribution is 2.12. The van der Waals surface area contributed by atoms with Crippen molar-refractivity contribution < 1.29 is 14.3 Å². The molecular weight excluding hydrogens is 349 g/mol. The lowest BCUT2D eigenvalue weighted by Crippen LogP contribution is -2.24. The fraction of sp³-hybridized carbons (Fsp3) is 0.222. The van der Waals surface area contributed by atoms with Crippen LogP contribution in [0.25, 0.3) is 0 Å². The molecule has 0 saturated heterocycles. The largest absolute Gasteiger partial charge is 0.461 e. The number of amides is 1. The Hall–Kier alpha value is -2.04. The third kappa shape index (κ3) is 6.22. The number of carbonyl (C=O) groups is 2. The van der Waals surface area contributed by atoms with Gasteiger partial charge in [0.1, 0.15) is 6.61 Å². The minimum Gasteiger partial charge on any atom is -0.461 e. The second-order valence-electron chi connectivity index (χ2n) is 5.16. The van der Waals surface area contributed by atoms with Crippen LogP contribution in [0.1, 0.15) is 28.8 Å². The van der Waals surface area contributed by atoms with Crippen LogP contribution in [0, 0.1) is 0 Å². The first-order chi connectivity index (χ1) is 11.5. The summed E-state index contributed by atoms with van der Waals surface area (Å²) in [6.45, 7) is 0.588. The summed E-state index contributed by atoms with van der Waals surface area (Å²) in [5, 5.41) is 3.93. The zero-order valence-corrected chi connectivity index (χ0v) is 14.4. The molecule has 6 heteroatoms. The van der Waals surface area contributed by atoms with E-state index in [1.807, 2.05) is 6.07 Å². The standard InChI is InChI=1S/C18H17Cl2NO3/c19-15-8-6-14(7-9-15)18(23)21-10-2-5-17(22)24-12-13-3-1-4-16(20)11-13/h1,3-4,6-9,11H,2,5,10,12H2,(H,21,23). The van der Waals surface area contributed by atoms with Crippen LogP contribution in [0.3, 0.4) is 0 Å². The van der Waals surface area contributed by atoms with Crippen molar-refractivity contribution in [2.75, 3.05) is 6.54 Å². The fourth-order valence-electron chi connectivity index (χ4n) is 2.00. The van der Waals surface area contributed by atoms with E-state index in [1.54, 1.807) is 42.5 Å². The van der Waals surface area contributed by atoms with E-state index in [-0.39, 0.29) is 24.9 Å². The first-order valence-electron chi connectivity index (χ1n) is 7.48. The van der Waals surface area contributed by atoms with Gasteiger partial charge in [-0.05, 0) is 48.4 Å². The molecule has 0 aliphatic carbocycles. The van der Waals surface area contributed by atoms with E-state index in [0.29, 0.717) is 28.6 Å². The van der Waals surface area contributed by atoms with Crippen LogP contribution in [0.5, 0.6) is 0 Å². The summed E-state index contributed by atoms with van der Waals surface area (Å²) in [5.74, 6) is -0.505. The molecule has 126 valence electrons. The number of nitrogens with one attached hydrogen (secondary N) is 1. The molecule has 0 bridgehead atoms. The maximum absolute atomic E-state index is 11.9. The van der Waals surface area contributed by atoms with Gasteiger partial charge in [-0.25, -0.2) is 0 Å². The van der Waals surface area contributed by atoms with Gasteiger partial charge in [-0.2, -0.15) is 0 Å². The highest BCUT2D eigenvalue weighted by Gasteiger charge is 2.07. The van der Waals surface area contributed by atoms with Gasteiger partial charge in [-0.3, -0.25) is 9.59 Å². The average molecular weight is 366 g/mol. The monoisotopic (exact) mass is 365 g/mol. The second kappa shape index (κ2) is 9.30. The summed E-state index contributed by atoms with van der Waals surface area (Å²) in [5.41, 5.74) is 1.37. The molecule has 0 spiro atoms. The first-order valence-corrected chi connectivity index (χ1v) is 8.24. The number of hydrogen-bond donors (Lipinski definition) is 1. The van der Waals surface area contributed by atoms with Gasteiger partial charge in [-0.1, -0.05) is 35.3 Å². The molecule has 0 atom stereocenters. The van der Waals surface area contributed by atoms with E-state index in [1.165, 1.54) is 0 Å². The first kappa shape index (κ1) is 18.3. The Bertz CT molecular complexity index is 702. The van der Waals surface area contributed by atoms with Crippen LogP contribution in [0.15, 0.2) is 48.5 Å². The molecule has 0 unspecified atom stereocenters. The van der Waals surface area contributed by atoms with Crippen molar-refractivity contribution in [3.05, 3.63) is 69.7 Å². The number of hydrogen-bond acceptors (Lipinski definition) is 3. The average Bonchev–Trinajstić information content (AvgIpc) is 2.57. The molecule has 0 radical (unpaired) electrons. The molecule has 2 rings (SSSR count). The Morgan fingerprint density at radius 1 is 1.00 bits per heavy atom. The maximum atomic E-state index is 11.9. The lowest BCUT2D eigenvalue weighted by Gasteiger charge is -2.07. The highest BCUT2D eigenvalue weighted by atomic mass is 35.5. The number of ether oxygens (including phenoxy) is 1. The molecule has 1 N–H and O–H groups in total. The van der Waals surface area contributed by atoms with E-state index >= 15 is 0 Å². The lowest BCUT2D eigenvalue weighted by molar-refractivity contribution is -0.145. The molecule has 1 amide bonds. The summed E-state index contributed by atoms with van der Waals surface area (Å²) < 4.78 is 5.16. The summed E-state index contributed by atoms with van der Waals surface area (Å²) in [6.07, 6.45) is 0.745. The molecule has 0 fully saturated rings. The van der Waals surface area contributed by atoms with Crippen LogP contribution < -0.4 is 5.32 Å². The molecule has 0 aliphatic rings. The van der Waals surface area contributed by atoms with E-state index in [0.717, 1.165) is 5.56 Å². The summed E-state index contributed by atoms with van der Waals surface area (Å²) >= 11 is 11.6. The number of esters is 1. The Balaban J connectivity index is 1.64. The molecule has 0 heterocycles. The lowest BCUT2D eigenvalue weighted by atomic mass is 10.2. The van der Waals surface area contributed by atoms with Crippen molar-refractivity contribution in [3.63, 3.8) is 0 Å². The van der Waals surface area contributed by atoms with E-state index in [4.69, 9.17) is 27.9 Å². The van der Waals surface area contributed by atoms with E-state index < -0.39 is 0 Å². The number of halogens is 2. The van der Waals surface area contributed by atoms with Crippen molar-refractivity contribution in [2.24, 2.45) is 0 Å². The Labute approximate surface area is 150 Å². The number of carbonyl (C=O) groups excluding carboxylic acids is 2. The zero-order valence-electron chi connectivity index (χ0n) is 12.9. The minimum absolute atomic E-state index is 0.191. The second-order valence-corrected chi connectivity index (χ2v) is 6.03. The normalized spacial score (nSPS) is 10.2. The molecule has 2 aromatic carbocycles. The number of rotatable bonds is 7. The highest BCUT2D eigenvalue weighted by molar-refractivity contribution is 6.30. The smallest absolute Gasteiger partial charge is 0.306 e. The molecule has 2 aromatic rings. The van der Waals surface area contributed by atoms with Gasteiger partial charge >= 0.3 is 5.97 Å². The molecule has 0 saturated carbocycles. The topological polar surface area (TPSA) is 55.4 Å². The van der Waals surface area contributed by atoms with Gasteiger partial charge < -0.3 is 10.1 Å². The minimum atomic E-state index is -0.310. The Morgan fingerprint density at radius 3 is 2.46 bits per heavy atom. The fourth-order valence-corrected chi connectivity index (χ4v) is 2.34. The summed E-state index contributed by atoms with van der Waals surface area (Å²) in [6, 6.07) is 13.8. The van der Waals surface area contributed by atoms with E-state index in [9.17, 15) is 9.59 Å². The van der Waals surface area contributed by atoms with Crippen molar-refractivity contribution in [2.45, 2.75) is 19.4 Å². The third-order valence-electron chi connectivity index (χ3n) is 3.24. The SMILES string of the molecule is O=C(CCCNC(=O)c1ccc(Cl)cc1)OCc1cccc(Cl)c1. The van der Waals surface area contributed by atoms with Crippen LogP contribution >= 0.6 is 23.2 Å². The Morgan fingerprint density at radius 2 is 1.75 bits per heavy atom. The quantitative estimate of drug-likeness (QED) is 0.589. The molecule has 0 aromatic heterocycles. The maximum Gasteiger partial charge on any atom is 0.306 e. The van der Waals surface area contributed by atoms with Crippen molar-refractivity contribution >= 4 is 35.1 Å². The molecule has 4 nitrogen and oxygen atoms in total. The van der Waals surface area contributed by atoms with Crippen molar-refractivity contribution in [3.8, 4) is 0 Å². The van der Waals surface area contributed by atoms with E-state index in [2.05, 4.69) is 5.32 Å². The van der Waals surface area contributed by atoms with Crippen LogP contribution in [-0.2, 0) is 16.1 Å². The predicted molar refractivity (Wildman–Crippen MR) is 94.3 cm³/mol. The predicted octanol–water partition coefficient (Wildman–Crippen LogP) is 4.25.